The summed E-state index contributed by atoms with van der Waals surface area (Å²) < 4.78 is 16.3. The summed E-state index contributed by atoms with van der Waals surface area (Å²) in [7, 11) is 0. The molecule has 0 aliphatic rings. The standard InChI is InChI=1S/C23H29NO6/c1-15(2)29-20-10-8-17(9-11-20)14-28-23(27)24-19-7-5-6-18(12-19)13-21(22(25)26)30-16(3)4/h5-12,15-16,21H,13-14H2,1-4H3,(H,24,27)(H,25,26). The molecule has 162 valence electrons. The highest BCUT2D eigenvalue weighted by Crippen LogP contribution is 2.17. The van der Waals surface area contributed by atoms with Crippen molar-refractivity contribution in [3.05, 3.63) is 59.7 Å². The van der Waals surface area contributed by atoms with Gasteiger partial charge in [0.1, 0.15) is 12.4 Å². The normalized spacial score (nSPS) is 11.9. The van der Waals surface area contributed by atoms with Crippen LogP contribution in [0.15, 0.2) is 48.5 Å². The molecule has 0 saturated carbocycles. The molecule has 0 aromatic heterocycles. The van der Waals surface area contributed by atoms with Gasteiger partial charge in [-0.15, -0.1) is 0 Å². The predicted molar refractivity (Wildman–Crippen MR) is 114 cm³/mol. The van der Waals surface area contributed by atoms with Crippen molar-refractivity contribution in [2.45, 2.75) is 59.0 Å². The van der Waals surface area contributed by atoms with Crippen LogP contribution in [-0.2, 0) is 27.3 Å². The zero-order valence-corrected chi connectivity index (χ0v) is 17.8. The lowest BCUT2D eigenvalue weighted by Crippen LogP contribution is -2.29. The quantitative estimate of drug-likeness (QED) is 0.587. The fourth-order valence-electron chi connectivity index (χ4n) is 2.75. The number of amides is 1. The summed E-state index contributed by atoms with van der Waals surface area (Å²) >= 11 is 0. The molecule has 0 heterocycles. The van der Waals surface area contributed by atoms with Gasteiger partial charge in [0.05, 0.1) is 12.2 Å². The second-order valence-corrected chi connectivity index (χ2v) is 7.43. The number of nitrogens with one attached hydrogen (secondary N) is 1. The van der Waals surface area contributed by atoms with E-state index in [2.05, 4.69) is 5.32 Å². The van der Waals surface area contributed by atoms with E-state index < -0.39 is 18.2 Å². The van der Waals surface area contributed by atoms with Crippen molar-refractivity contribution in [2.75, 3.05) is 5.32 Å². The minimum absolute atomic E-state index is 0.0938. The van der Waals surface area contributed by atoms with E-state index in [1.54, 1.807) is 38.1 Å². The molecule has 1 unspecified atom stereocenters. The van der Waals surface area contributed by atoms with Crippen LogP contribution in [0.3, 0.4) is 0 Å². The average Bonchev–Trinajstić information content (AvgIpc) is 2.66. The molecule has 2 aromatic rings. The van der Waals surface area contributed by atoms with Crippen molar-refractivity contribution in [1.82, 2.24) is 0 Å². The average molecular weight is 415 g/mol. The van der Waals surface area contributed by atoms with Crippen LogP contribution in [0.4, 0.5) is 10.5 Å². The maximum Gasteiger partial charge on any atom is 0.411 e. The van der Waals surface area contributed by atoms with Gasteiger partial charge in [0.25, 0.3) is 0 Å². The number of aliphatic carboxylic acids is 1. The van der Waals surface area contributed by atoms with Gasteiger partial charge in [-0.25, -0.2) is 9.59 Å². The predicted octanol–water partition coefficient (Wildman–Crippen LogP) is 4.64. The first-order valence-corrected chi connectivity index (χ1v) is 9.89. The van der Waals surface area contributed by atoms with Gasteiger partial charge in [-0.2, -0.15) is 0 Å². The Bertz CT molecular complexity index is 832. The molecule has 0 saturated heterocycles. The Morgan fingerprint density at radius 2 is 1.67 bits per heavy atom. The molecule has 2 aromatic carbocycles. The van der Waals surface area contributed by atoms with Gasteiger partial charge in [-0.3, -0.25) is 5.32 Å². The number of carbonyl (C=O) groups is 2. The lowest BCUT2D eigenvalue weighted by Gasteiger charge is -2.17. The molecular formula is C23H29NO6. The Balaban J connectivity index is 1.89. The second-order valence-electron chi connectivity index (χ2n) is 7.43. The van der Waals surface area contributed by atoms with Crippen LogP contribution in [0.2, 0.25) is 0 Å². The van der Waals surface area contributed by atoms with E-state index in [4.69, 9.17) is 14.2 Å². The van der Waals surface area contributed by atoms with Crippen LogP contribution >= 0.6 is 0 Å². The number of hydrogen-bond acceptors (Lipinski definition) is 5. The number of rotatable bonds is 10. The van der Waals surface area contributed by atoms with Gasteiger partial charge < -0.3 is 19.3 Å². The van der Waals surface area contributed by atoms with E-state index in [1.165, 1.54) is 0 Å². The highest BCUT2D eigenvalue weighted by molar-refractivity contribution is 5.84. The van der Waals surface area contributed by atoms with Crippen molar-refractivity contribution < 1.29 is 28.9 Å². The van der Waals surface area contributed by atoms with Gasteiger partial charge in [0, 0.05) is 12.1 Å². The van der Waals surface area contributed by atoms with Crippen molar-refractivity contribution >= 4 is 17.7 Å². The van der Waals surface area contributed by atoms with Crippen LogP contribution in [0.25, 0.3) is 0 Å². The Hall–Kier alpha value is -3.06. The highest BCUT2D eigenvalue weighted by atomic mass is 16.5. The molecule has 30 heavy (non-hydrogen) atoms. The lowest BCUT2D eigenvalue weighted by atomic mass is 10.1. The van der Waals surface area contributed by atoms with Crippen LogP contribution < -0.4 is 10.1 Å². The number of benzene rings is 2. The molecule has 0 bridgehead atoms. The Morgan fingerprint density at radius 3 is 2.27 bits per heavy atom. The third-order valence-electron chi connectivity index (χ3n) is 3.97. The lowest BCUT2D eigenvalue weighted by molar-refractivity contribution is -0.153. The minimum Gasteiger partial charge on any atom is -0.491 e. The van der Waals surface area contributed by atoms with E-state index in [-0.39, 0.29) is 25.2 Å². The van der Waals surface area contributed by atoms with Crippen LogP contribution in [0.5, 0.6) is 5.75 Å². The van der Waals surface area contributed by atoms with E-state index in [9.17, 15) is 14.7 Å². The van der Waals surface area contributed by atoms with E-state index in [1.807, 2.05) is 38.1 Å². The van der Waals surface area contributed by atoms with Gasteiger partial charge in [-0.1, -0.05) is 24.3 Å². The fraction of sp³-hybridized carbons (Fsp3) is 0.391. The molecule has 0 aliphatic carbocycles. The Labute approximate surface area is 177 Å². The summed E-state index contributed by atoms with van der Waals surface area (Å²) in [6, 6.07) is 14.3. The maximum atomic E-state index is 12.1. The summed E-state index contributed by atoms with van der Waals surface area (Å²) in [5.41, 5.74) is 2.10. The minimum atomic E-state index is -1.02. The van der Waals surface area contributed by atoms with Crippen molar-refractivity contribution in [3.8, 4) is 5.75 Å². The summed E-state index contributed by atoms with van der Waals surface area (Å²) in [5.74, 6) is -0.262. The van der Waals surface area contributed by atoms with E-state index in [0.717, 1.165) is 16.9 Å². The largest absolute Gasteiger partial charge is 0.491 e. The second kappa shape index (κ2) is 11.2. The summed E-state index contributed by atoms with van der Waals surface area (Å²) in [6.45, 7) is 7.60. The molecule has 0 radical (unpaired) electrons. The van der Waals surface area contributed by atoms with Crippen molar-refractivity contribution in [1.29, 1.82) is 0 Å². The topological polar surface area (TPSA) is 94.1 Å². The van der Waals surface area contributed by atoms with Gasteiger partial charge in [0.2, 0.25) is 0 Å². The number of ether oxygens (including phenoxy) is 3. The van der Waals surface area contributed by atoms with E-state index >= 15 is 0 Å². The number of carbonyl (C=O) groups excluding carboxylic acids is 1. The molecule has 0 fully saturated rings. The molecule has 1 amide bonds. The van der Waals surface area contributed by atoms with Crippen LogP contribution in [-0.4, -0.2) is 35.5 Å². The van der Waals surface area contributed by atoms with Crippen molar-refractivity contribution in [3.63, 3.8) is 0 Å². The third-order valence-corrected chi connectivity index (χ3v) is 3.97. The van der Waals surface area contributed by atoms with Gasteiger partial charge >= 0.3 is 12.1 Å². The zero-order valence-electron chi connectivity index (χ0n) is 17.8. The third kappa shape index (κ3) is 8.13. The van der Waals surface area contributed by atoms with Crippen LogP contribution in [0, 0.1) is 0 Å². The van der Waals surface area contributed by atoms with Gasteiger partial charge in [-0.05, 0) is 63.1 Å². The van der Waals surface area contributed by atoms with Gasteiger partial charge in [0.15, 0.2) is 6.10 Å². The molecule has 7 nitrogen and oxygen atoms in total. The highest BCUT2D eigenvalue weighted by Gasteiger charge is 2.20. The smallest absolute Gasteiger partial charge is 0.411 e. The number of carboxylic acid groups (broad SMARTS) is 1. The first-order valence-electron chi connectivity index (χ1n) is 9.89. The summed E-state index contributed by atoms with van der Waals surface area (Å²) in [6.07, 6.45) is -1.45. The van der Waals surface area contributed by atoms with Crippen molar-refractivity contribution in [2.24, 2.45) is 0 Å². The molecule has 2 N–H and O–H groups in total. The maximum absolute atomic E-state index is 12.1. The fourth-order valence-corrected chi connectivity index (χ4v) is 2.75. The number of hydrogen-bond donors (Lipinski definition) is 2. The number of carboxylic acids is 1. The molecule has 1 atom stereocenters. The molecule has 2 rings (SSSR count). The summed E-state index contributed by atoms with van der Waals surface area (Å²) in [5, 5.41) is 12.0. The molecular weight excluding hydrogens is 386 g/mol. The zero-order chi connectivity index (χ0) is 22.1. The van der Waals surface area contributed by atoms with E-state index in [0.29, 0.717) is 5.69 Å². The first kappa shape index (κ1) is 23.2. The Kier molecular flexibility index (Phi) is 8.68. The monoisotopic (exact) mass is 415 g/mol. The molecule has 0 spiro atoms. The first-order chi connectivity index (χ1) is 14.2. The number of anilines is 1. The SMILES string of the molecule is CC(C)Oc1ccc(COC(=O)Nc2cccc(CC(OC(C)C)C(=O)O)c2)cc1. The molecule has 0 aliphatic heterocycles. The Morgan fingerprint density at radius 1 is 0.967 bits per heavy atom. The van der Waals surface area contributed by atoms with Crippen LogP contribution in [0.1, 0.15) is 38.8 Å². The molecule has 7 heteroatoms. The summed E-state index contributed by atoms with van der Waals surface area (Å²) in [4.78, 5) is 23.5.